The number of anilines is 2. The SMILES string of the molecule is Nc1ccc2ccc(OCC(=O)N3CCN(c4ccc(Cl)cn4)CC3)cc2c1C(F)(F)F. The van der Waals surface area contributed by atoms with Gasteiger partial charge in [-0.2, -0.15) is 13.2 Å². The molecule has 10 heteroatoms. The Morgan fingerprint density at radius 1 is 1.09 bits per heavy atom. The third-order valence-corrected chi connectivity index (χ3v) is 5.56. The molecule has 1 amide bonds. The average molecular weight is 465 g/mol. The number of aromatic nitrogens is 1. The summed E-state index contributed by atoms with van der Waals surface area (Å²) in [5.41, 5.74) is 4.31. The standard InChI is InChI=1S/C22H20ClF3N4O2/c23-15-3-6-19(28-12-15)29-7-9-30(10-8-29)20(31)13-32-16-4-1-14-2-5-18(27)21(17(14)11-16)22(24,25)26/h1-6,11-12H,7-10,13,27H2. The summed E-state index contributed by atoms with van der Waals surface area (Å²) in [6.45, 7) is 1.90. The fourth-order valence-corrected chi connectivity index (χ4v) is 3.81. The van der Waals surface area contributed by atoms with E-state index in [1.54, 1.807) is 17.2 Å². The zero-order chi connectivity index (χ0) is 22.9. The molecule has 1 aliphatic rings. The number of piperazine rings is 1. The summed E-state index contributed by atoms with van der Waals surface area (Å²) in [7, 11) is 0. The molecule has 1 fully saturated rings. The van der Waals surface area contributed by atoms with Crippen molar-refractivity contribution in [2.45, 2.75) is 6.18 Å². The maximum Gasteiger partial charge on any atom is 0.418 e. The molecule has 2 heterocycles. The van der Waals surface area contributed by atoms with Gasteiger partial charge in [0.15, 0.2) is 6.61 Å². The maximum absolute atomic E-state index is 13.4. The summed E-state index contributed by atoms with van der Waals surface area (Å²) >= 11 is 5.86. The van der Waals surface area contributed by atoms with Gasteiger partial charge in [-0.3, -0.25) is 4.79 Å². The number of carbonyl (C=O) groups is 1. The summed E-state index contributed by atoms with van der Waals surface area (Å²) in [5, 5.41) is 0.877. The number of nitrogen functional groups attached to an aromatic ring is 1. The molecule has 0 saturated carbocycles. The summed E-state index contributed by atoms with van der Waals surface area (Å²) < 4.78 is 45.9. The average Bonchev–Trinajstić information content (AvgIpc) is 2.77. The molecule has 1 saturated heterocycles. The molecule has 168 valence electrons. The van der Waals surface area contributed by atoms with Crippen LogP contribution in [0.25, 0.3) is 10.8 Å². The lowest BCUT2D eigenvalue weighted by Crippen LogP contribution is -2.50. The number of ether oxygens (including phenoxy) is 1. The van der Waals surface area contributed by atoms with Gasteiger partial charge in [0.05, 0.1) is 10.6 Å². The van der Waals surface area contributed by atoms with Gasteiger partial charge in [0.25, 0.3) is 5.91 Å². The van der Waals surface area contributed by atoms with Crippen molar-refractivity contribution in [1.82, 2.24) is 9.88 Å². The number of halogens is 4. The Kier molecular flexibility index (Phi) is 6.01. The molecule has 4 rings (SSSR count). The Morgan fingerprint density at radius 3 is 2.47 bits per heavy atom. The summed E-state index contributed by atoms with van der Waals surface area (Å²) in [6.07, 6.45) is -3.03. The predicted octanol–water partition coefficient (Wildman–Crippen LogP) is 4.22. The Bertz CT molecular complexity index is 1130. The molecule has 0 radical (unpaired) electrons. The van der Waals surface area contributed by atoms with Crippen molar-refractivity contribution in [2.24, 2.45) is 0 Å². The number of nitrogens with zero attached hydrogens (tertiary/aromatic N) is 3. The molecule has 1 aliphatic heterocycles. The highest BCUT2D eigenvalue weighted by Gasteiger charge is 2.35. The van der Waals surface area contributed by atoms with E-state index in [-0.39, 0.29) is 29.3 Å². The topological polar surface area (TPSA) is 71.7 Å². The van der Waals surface area contributed by atoms with Crippen molar-refractivity contribution in [2.75, 3.05) is 43.4 Å². The third-order valence-electron chi connectivity index (χ3n) is 5.34. The fraction of sp³-hybridized carbons (Fsp3) is 0.273. The van der Waals surface area contributed by atoms with Crippen molar-refractivity contribution in [3.63, 3.8) is 0 Å². The second kappa shape index (κ2) is 8.74. The number of carbonyl (C=O) groups excluding carboxylic acids is 1. The minimum atomic E-state index is -4.60. The Morgan fingerprint density at radius 2 is 1.81 bits per heavy atom. The Hall–Kier alpha value is -3.20. The van der Waals surface area contributed by atoms with Gasteiger partial charge in [0, 0.05) is 38.1 Å². The van der Waals surface area contributed by atoms with E-state index >= 15 is 0 Å². The van der Waals surface area contributed by atoms with Crippen LogP contribution in [0.3, 0.4) is 0 Å². The zero-order valence-corrected chi connectivity index (χ0v) is 17.7. The van der Waals surface area contributed by atoms with Crippen LogP contribution in [-0.4, -0.2) is 48.6 Å². The van der Waals surface area contributed by atoms with Crippen molar-refractivity contribution >= 4 is 39.8 Å². The van der Waals surface area contributed by atoms with E-state index < -0.39 is 11.7 Å². The van der Waals surface area contributed by atoms with Crippen LogP contribution in [-0.2, 0) is 11.0 Å². The van der Waals surface area contributed by atoms with E-state index in [1.165, 1.54) is 30.3 Å². The van der Waals surface area contributed by atoms with Crippen LogP contribution in [0.5, 0.6) is 5.75 Å². The van der Waals surface area contributed by atoms with Crippen LogP contribution >= 0.6 is 11.6 Å². The second-order valence-electron chi connectivity index (χ2n) is 7.40. The van der Waals surface area contributed by atoms with E-state index in [4.69, 9.17) is 22.1 Å². The van der Waals surface area contributed by atoms with E-state index in [0.29, 0.717) is 36.6 Å². The minimum absolute atomic E-state index is 0.0634. The first-order valence-corrected chi connectivity index (χ1v) is 10.3. The van der Waals surface area contributed by atoms with Crippen LogP contribution in [0.15, 0.2) is 48.7 Å². The lowest BCUT2D eigenvalue weighted by atomic mass is 10.0. The number of rotatable bonds is 4. The monoisotopic (exact) mass is 464 g/mol. The number of hydrogen-bond donors (Lipinski definition) is 1. The summed E-state index contributed by atoms with van der Waals surface area (Å²) in [5.74, 6) is 0.719. The predicted molar refractivity (Wildman–Crippen MR) is 117 cm³/mol. The number of fused-ring (bicyclic) bond motifs is 1. The molecule has 2 aromatic carbocycles. The van der Waals surface area contributed by atoms with Gasteiger partial charge in [-0.25, -0.2) is 4.98 Å². The van der Waals surface area contributed by atoms with Gasteiger partial charge in [0.1, 0.15) is 11.6 Å². The number of amides is 1. The largest absolute Gasteiger partial charge is 0.484 e. The Labute approximate surface area is 187 Å². The van der Waals surface area contributed by atoms with Gasteiger partial charge in [-0.1, -0.05) is 23.7 Å². The molecule has 0 aliphatic carbocycles. The highest BCUT2D eigenvalue weighted by atomic mass is 35.5. The Balaban J connectivity index is 1.39. The van der Waals surface area contributed by atoms with Crippen LogP contribution in [0, 0.1) is 0 Å². The minimum Gasteiger partial charge on any atom is -0.484 e. The van der Waals surface area contributed by atoms with Gasteiger partial charge in [-0.05, 0) is 41.1 Å². The van der Waals surface area contributed by atoms with Crippen LogP contribution < -0.4 is 15.4 Å². The molecule has 1 aromatic heterocycles. The van der Waals surface area contributed by atoms with Gasteiger partial charge >= 0.3 is 6.18 Å². The van der Waals surface area contributed by atoms with E-state index in [2.05, 4.69) is 4.98 Å². The first-order chi connectivity index (χ1) is 15.2. The summed E-state index contributed by atoms with van der Waals surface area (Å²) in [4.78, 5) is 20.5. The zero-order valence-electron chi connectivity index (χ0n) is 16.9. The van der Waals surface area contributed by atoms with Crippen molar-refractivity contribution in [3.05, 3.63) is 59.2 Å². The van der Waals surface area contributed by atoms with Crippen molar-refractivity contribution in [3.8, 4) is 5.75 Å². The lowest BCUT2D eigenvalue weighted by molar-refractivity contribution is -0.136. The number of pyridine rings is 1. The van der Waals surface area contributed by atoms with Gasteiger partial charge < -0.3 is 20.3 Å². The number of benzene rings is 2. The quantitative estimate of drug-likeness (QED) is 0.585. The smallest absolute Gasteiger partial charge is 0.418 e. The first kappa shape index (κ1) is 22.0. The molecule has 0 spiro atoms. The third kappa shape index (κ3) is 4.67. The lowest BCUT2D eigenvalue weighted by Gasteiger charge is -2.35. The number of hydrogen-bond acceptors (Lipinski definition) is 5. The van der Waals surface area contributed by atoms with Crippen LogP contribution in [0.4, 0.5) is 24.7 Å². The highest BCUT2D eigenvalue weighted by Crippen LogP contribution is 2.39. The van der Waals surface area contributed by atoms with E-state index in [1.807, 2.05) is 11.0 Å². The molecule has 2 N–H and O–H groups in total. The molecular formula is C22H20ClF3N4O2. The van der Waals surface area contributed by atoms with Gasteiger partial charge in [-0.15, -0.1) is 0 Å². The summed E-state index contributed by atoms with van der Waals surface area (Å²) in [6, 6.07) is 10.7. The normalized spacial score (nSPS) is 14.6. The highest BCUT2D eigenvalue weighted by molar-refractivity contribution is 6.30. The van der Waals surface area contributed by atoms with Crippen LogP contribution in [0.1, 0.15) is 5.56 Å². The molecular weight excluding hydrogens is 445 g/mol. The van der Waals surface area contributed by atoms with Crippen molar-refractivity contribution in [1.29, 1.82) is 0 Å². The van der Waals surface area contributed by atoms with Crippen molar-refractivity contribution < 1.29 is 22.7 Å². The molecule has 0 unspecified atom stereocenters. The number of alkyl halides is 3. The molecule has 32 heavy (non-hydrogen) atoms. The second-order valence-corrected chi connectivity index (χ2v) is 7.84. The fourth-order valence-electron chi connectivity index (χ4n) is 3.70. The molecule has 3 aromatic rings. The molecule has 6 nitrogen and oxygen atoms in total. The van der Waals surface area contributed by atoms with E-state index in [0.717, 1.165) is 5.82 Å². The van der Waals surface area contributed by atoms with Crippen LogP contribution in [0.2, 0.25) is 5.02 Å². The molecule has 0 bridgehead atoms. The van der Waals surface area contributed by atoms with Gasteiger partial charge in [0.2, 0.25) is 0 Å². The number of nitrogens with two attached hydrogens (primary N) is 1. The van der Waals surface area contributed by atoms with E-state index in [9.17, 15) is 18.0 Å². The maximum atomic E-state index is 13.4. The molecule has 0 atom stereocenters. The first-order valence-electron chi connectivity index (χ1n) is 9.89.